The number of aromatic nitrogens is 4. The summed E-state index contributed by atoms with van der Waals surface area (Å²) < 4.78 is 40.3. The Morgan fingerprint density at radius 2 is 1.95 bits per heavy atom. The average Bonchev–Trinajstić information content (AvgIpc) is 3.22. The van der Waals surface area contributed by atoms with Gasteiger partial charge in [-0.2, -0.15) is 0 Å². The van der Waals surface area contributed by atoms with Crippen molar-refractivity contribution in [3.63, 3.8) is 0 Å². The molecule has 5 heterocycles. The molecule has 10 nitrogen and oxygen atoms in total. The topological polar surface area (TPSA) is 94.2 Å². The molecule has 37 heavy (non-hydrogen) atoms. The van der Waals surface area contributed by atoms with Gasteiger partial charge in [0.15, 0.2) is 5.65 Å². The molecule has 3 aromatic heterocycles. The number of amides is 1. The summed E-state index contributed by atoms with van der Waals surface area (Å²) in [5, 5.41) is 4.45. The van der Waals surface area contributed by atoms with Gasteiger partial charge >= 0.3 is 5.69 Å². The van der Waals surface area contributed by atoms with Gasteiger partial charge in [0, 0.05) is 63.7 Å². The minimum atomic E-state index is -2.70. The van der Waals surface area contributed by atoms with Gasteiger partial charge in [-0.3, -0.25) is 9.20 Å². The molecule has 0 aliphatic carbocycles. The highest BCUT2D eigenvalue weighted by Gasteiger charge is 2.36. The molecule has 0 saturated carbocycles. The van der Waals surface area contributed by atoms with Crippen LogP contribution in [0.5, 0.6) is 0 Å². The summed E-state index contributed by atoms with van der Waals surface area (Å²) in [5.41, 5.74) is 2.45. The molecule has 0 atom stereocenters. The molecular weight excluding hydrogens is 486 g/mol. The second-order valence-electron chi connectivity index (χ2n) is 9.33. The van der Waals surface area contributed by atoms with Crippen molar-refractivity contribution in [1.29, 1.82) is 0 Å². The van der Waals surface area contributed by atoms with E-state index in [9.17, 15) is 18.4 Å². The van der Waals surface area contributed by atoms with Crippen LogP contribution in [0.15, 0.2) is 35.4 Å². The molecule has 1 saturated heterocycles. The number of aryl methyl sites for hydroxylation is 1. The van der Waals surface area contributed by atoms with E-state index >= 15 is 0 Å². The molecule has 0 radical (unpaired) electrons. The highest BCUT2D eigenvalue weighted by molar-refractivity contribution is 5.94. The minimum Gasteiger partial charge on any atom is -0.382 e. The fourth-order valence-corrected chi connectivity index (χ4v) is 4.77. The van der Waals surface area contributed by atoms with Crippen LogP contribution in [-0.4, -0.2) is 82.5 Å². The van der Waals surface area contributed by atoms with Crippen molar-refractivity contribution in [3.8, 4) is 0 Å². The van der Waals surface area contributed by atoms with Crippen LogP contribution in [0, 0.1) is 0 Å². The largest absolute Gasteiger partial charge is 0.382 e. The third kappa shape index (κ3) is 5.35. The number of hydrogen-bond acceptors (Lipinski definition) is 7. The minimum absolute atomic E-state index is 0.0420. The standard InChI is InChI=1S/C25H30F2N6O4/c1-36-13-14-37-12-11-33-24(35)32-8-4-20(16-21(32)29-33)31-7-2-3-18-15-19(17-28-22(18)31)23(34)30-9-5-25(26,27)6-10-30/h4,8,15-17H,2-3,5-7,9-14H2,1H3. The summed E-state index contributed by atoms with van der Waals surface area (Å²) in [7, 11) is 1.60. The molecule has 0 N–H and O–H groups in total. The summed E-state index contributed by atoms with van der Waals surface area (Å²) >= 11 is 0. The number of pyridine rings is 2. The first kappa shape index (κ1) is 25.3. The summed E-state index contributed by atoms with van der Waals surface area (Å²) in [6, 6.07) is 5.51. The molecule has 12 heteroatoms. The lowest BCUT2D eigenvalue weighted by Gasteiger charge is -2.33. The number of halogens is 2. The Labute approximate surface area is 212 Å². The van der Waals surface area contributed by atoms with Crippen LogP contribution < -0.4 is 10.6 Å². The smallest absolute Gasteiger partial charge is 0.350 e. The Kier molecular flexibility index (Phi) is 7.20. The number of fused-ring (bicyclic) bond motifs is 2. The van der Waals surface area contributed by atoms with Crippen LogP contribution in [-0.2, 0) is 22.4 Å². The fraction of sp³-hybridized carbons (Fsp3) is 0.520. The Morgan fingerprint density at radius 1 is 1.14 bits per heavy atom. The van der Waals surface area contributed by atoms with Crippen molar-refractivity contribution in [2.75, 3.05) is 51.5 Å². The molecule has 0 unspecified atom stereocenters. The number of anilines is 2. The van der Waals surface area contributed by atoms with Crippen molar-refractivity contribution >= 4 is 23.1 Å². The van der Waals surface area contributed by atoms with Gasteiger partial charge in [0.05, 0.1) is 31.9 Å². The number of rotatable bonds is 8. The van der Waals surface area contributed by atoms with Crippen molar-refractivity contribution in [2.24, 2.45) is 0 Å². The maximum absolute atomic E-state index is 13.5. The first-order valence-corrected chi connectivity index (χ1v) is 12.5. The van der Waals surface area contributed by atoms with Crippen molar-refractivity contribution in [2.45, 2.75) is 38.2 Å². The Hall–Kier alpha value is -3.38. The normalized spacial score (nSPS) is 17.3. The Morgan fingerprint density at radius 3 is 2.73 bits per heavy atom. The molecule has 0 spiro atoms. The molecule has 198 valence electrons. The molecule has 2 aliphatic heterocycles. The van der Waals surface area contributed by atoms with Crippen LogP contribution >= 0.6 is 0 Å². The van der Waals surface area contributed by atoms with Crippen LogP contribution in [0.3, 0.4) is 0 Å². The van der Waals surface area contributed by atoms with E-state index in [1.165, 1.54) is 20.2 Å². The number of methoxy groups -OCH3 is 1. The number of ether oxygens (including phenoxy) is 2. The first-order chi connectivity index (χ1) is 17.9. The Balaban J connectivity index is 1.33. The zero-order chi connectivity index (χ0) is 26.0. The third-order valence-corrected chi connectivity index (χ3v) is 6.81. The number of likely N-dealkylation sites (tertiary alicyclic amines) is 1. The van der Waals surface area contributed by atoms with E-state index in [1.54, 1.807) is 13.3 Å². The molecule has 3 aromatic rings. The highest BCUT2D eigenvalue weighted by Crippen LogP contribution is 2.33. The highest BCUT2D eigenvalue weighted by atomic mass is 19.3. The molecule has 1 fully saturated rings. The van der Waals surface area contributed by atoms with Crippen molar-refractivity contribution < 1.29 is 23.0 Å². The maximum Gasteiger partial charge on any atom is 0.350 e. The van der Waals surface area contributed by atoms with Gasteiger partial charge in [-0.05, 0) is 30.5 Å². The molecule has 0 bridgehead atoms. The van der Waals surface area contributed by atoms with Crippen molar-refractivity contribution in [3.05, 3.63) is 52.2 Å². The number of carbonyl (C=O) groups excluding carboxylic acids is 1. The lowest BCUT2D eigenvalue weighted by atomic mass is 10.0. The van der Waals surface area contributed by atoms with E-state index in [1.807, 2.05) is 23.1 Å². The molecule has 2 aliphatic rings. The predicted molar refractivity (Wildman–Crippen MR) is 132 cm³/mol. The van der Waals surface area contributed by atoms with Crippen LogP contribution in [0.25, 0.3) is 5.65 Å². The van der Waals surface area contributed by atoms with Crippen molar-refractivity contribution in [1.82, 2.24) is 24.1 Å². The second kappa shape index (κ2) is 10.5. The quantitative estimate of drug-likeness (QED) is 0.425. The zero-order valence-corrected chi connectivity index (χ0v) is 20.7. The lowest BCUT2D eigenvalue weighted by molar-refractivity contribution is -0.0494. The predicted octanol–water partition coefficient (Wildman–Crippen LogP) is 2.51. The summed E-state index contributed by atoms with van der Waals surface area (Å²) in [5.74, 6) is -2.23. The molecule has 5 rings (SSSR count). The monoisotopic (exact) mass is 516 g/mol. The number of nitrogens with zero attached hydrogens (tertiary/aromatic N) is 6. The van der Waals surface area contributed by atoms with E-state index < -0.39 is 5.92 Å². The second-order valence-corrected chi connectivity index (χ2v) is 9.33. The lowest BCUT2D eigenvalue weighted by Crippen LogP contribution is -2.42. The van der Waals surface area contributed by atoms with E-state index in [0.29, 0.717) is 37.6 Å². The van der Waals surface area contributed by atoms with Crippen LogP contribution in [0.2, 0.25) is 0 Å². The van der Waals surface area contributed by atoms with E-state index in [0.717, 1.165) is 36.5 Å². The molecule has 1 amide bonds. The summed E-state index contributed by atoms with van der Waals surface area (Å²) in [6.45, 7) is 2.43. The maximum atomic E-state index is 13.5. The molecular formula is C25H30F2N6O4. The van der Waals surface area contributed by atoms with Gasteiger partial charge in [-0.1, -0.05) is 0 Å². The van der Waals surface area contributed by atoms with Gasteiger partial charge in [-0.25, -0.2) is 23.2 Å². The van der Waals surface area contributed by atoms with Crippen LogP contribution in [0.4, 0.5) is 20.3 Å². The first-order valence-electron chi connectivity index (χ1n) is 12.5. The van der Waals surface area contributed by atoms with Gasteiger partial charge < -0.3 is 19.3 Å². The number of hydrogen-bond donors (Lipinski definition) is 0. The number of alkyl halides is 2. The average molecular weight is 517 g/mol. The summed E-state index contributed by atoms with van der Waals surface area (Å²) in [6.07, 6.45) is 4.21. The van der Waals surface area contributed by atoms with Gasteiger partial charge in [0.2, 0.25) is 0 Å². The number of carbonyl (C=O) groups is 1. The van der Waals surface area contributed by atoms with E-state index in [2.05, 4.69) is 10.1 Å². The zero-order valence-electron chi connectivity index (χ0n) is 20.7. The van der Waals surface area contributed by atoms with Gasteiger partial charge in [0.25, 0.3) is 11.8 Å². The fourth-order valence-electron chi connectivity index (χ4n) is 4.77. The SMILES string of the molecule is COCCOCCn1nc2cc(N3CCCc4cc(C(=O)N5CCC(F)(F)CC5)cnc43)ccn2c1=O. The summed E-state index contributed by atoms with van der Waals surface area (Å²) in [4.78, 5) is 33.7. The number of piperidine rings is 1. The van der Waals surface area contributed by atoms with E-state index in [-0.39, 0.29) is 37.5 Å². The molecule has 0 aromatic carbocycles. The van der Waals surface area contributed by atoms with Crippen LogP contribution in [0.1, 0.15) is 35.2 Å². The van der Waals surface area contributed by atoms with Gasteiger partial charge in [0.1, 0.15) is 5.82 Å². The third-order valence-electron chi connectivity index (χ3n) is 6.81. The Bertz CT molecular complexity index is 1330. The van der Waals surface area contributed by atoms with E-state index in [4.69, 9.17) is 9.47 Å². The van der Waals surface area contributed by atoms with Gasteiger partial charge in [-0.15, -0.1) is 5.10 Å².